The van der Waals surface area contributed by atoms with Gasteiger partial charge >= 0.3 is 0 Å². The lowest BCUT2D eigenvalue weighted by Crippen LogP contribution is -1.94. The zero-order valence-corrected chi connectivity index (χ0v) is 11.1. The highest BCUT2D eigenvalue weighted by atomic mass is 35.5. The summed E-state index contributed by atoms with van der Waals surface area (Å²) in [5, 5.41) is 13.0. The summed E-state index contributed by atoms with van der Waals surface area (Å²) in [7, 11) is 0. The minimum Gasteiger partial charge on any atom is -0.388 e. The molecule has 1 heterocycles. The molecule has 0 amide bonds. The third-order valence-corrected chi connectivity index (χ3v) is 4.51. The van der Waals surface area contributed by atoms with E-state index in [0.29, 0.717) is 5.92 Å². The fourth-order valence-electron chi connectivity index (χ4n) is 2.59. The van der Waals surface area contributed by atoms with Gasteiger partial charge in [0.05, 0.1) is 6.10 Å². The first-order chi connectivity index (χ1) is 8.15. The molecule has 17 heavy (non-hydrogen) atoms. The van der Waals surface area contributed by atoms with Crippen molar-refractivity contribution in [2.24, 2.45) is 0 Å². The minimum absolute atomic E-state index is 0.295. The van der Waals surface area contributed by atoms with Crippen LogP contribution in [0.2, 0.25) is 5.02 Å². The molecular weight excluding hydrogens is 252 g/mol. The van der Waals surface area contributed by atoms with Crippen LogP contribution in [0.15, 0.2) is 29.6 Å². The van der Waals surface area contributed by atoms with E-state index in [1.54, 1.807) is 11.3 Å². The van der Waals surface area contributed by atoms with Gasteiger partial charge in [-0.2, -0.15) is 0 Å². The Morgan fingerprint density at radius 3 is 2.82 bits per heavy atom. The second-order valence-corrected chi connectivity index (χ2v) is 6.12. The lowest BCUT2D eigenvalue weighted by molar-refractivity contribution is 0.176. The van der Waals surface area contributed by atoms with Crippen LogP contribution in [0.4, 0.5) is 0 Å². The van der Waals surface area contributed by atoms with Gasteiger partial charge in [0.25, 0.3) is 0 Å². The van der Waals surface area contributed by atoms with Crippen molar-refractivity contribution in [1.82, 2.24) is 0 Å². The largest absolute Gasteiger partial charge is 0.388 e. The van der Waals surface area contributed by atoms with Crippen molar-refractivity contribution in [3.05, 3.63) is 56.2 Å². The molecule has 0 spiro atoms. The third kappa shape index (κ3) is 1.90. The molecule has 2 atom stereocenters. The highest BCUT2D eigenvalue weighted by Gasteiger charge is 2.31. The Labute approximate surface area is 110 Å². The minimum atomic E-state index is -0.354. The zero-order valence-electron chi connectivity index (χ0n) is 9.48. The topological polar surface area (TPSA) is 20.2 Å². The van der Waals surface area contributed by atoms with Crippen molar-refractivity contribution in [3.63, 3.8) is 0 Å². The van der Waals surface area contributed by atoms with E-state index >= 15 is 0 Å². The average Bonchev–Trinajstić information content (AvgIpc) is 2.83. The molecule has 2 unspecified atom stereocenters. The smallest absolute Gasteiger partial charge is 0.0802 e. The first kappa shape index (κ1) is 11.3. The lowest BCUT2D eigenvalue weighted by atomic mass is 9.95. The van der Waals surface area contributed by atoms with Gasteiger partial charge in [-0.15, -0.1) is 11.3 Å². The van der Waals surface area contributed by atoms with Gasteiger partial charge in [-0.3, -0.25) is 0 Å². The second-order valence-electron chi connectivity index (χ2n) is 4.57. The van der Waals surface area contributed by atoms with Crippen LogP contribution in [0.25, 0.3) is 0 Å². The second kappa shape index (κ2) is 4.13. The molecule has 0 radical (unpaired) electrons. The number of rotatable bonds is 1. The van der Waals surface area contributed by atoms with Gasteiger partial charge in [0.2, 0.25) is 0 Å². The van der Waals surface area contributed by atoms with Crippen molar-refractivity contribution in [1.29, 1.82) is 0 Å². The lowest BCUT2D eigenvalue weighted by Gasteiger charge is -2.09. The maximum atomic E-state index is 10.1. The number of aliphatic hydroxyl groups excluding tert-OH is 1. The number of aryl methyl sites for hydroxylation is 1. The van der Waals surface area contributed by atoms with Crippen LogP contribution in [0.5, 0.6) is 0 Å². The van der Waals surface area contributed by atoms with E-state index in [-0.39, 0.29) is 6.10 Å². The SMILES string of the molecule is Cc1cc(C2CC(O)c3ccc(Cl)cc32)cs1. The maximum absolute atomic E-state index is 10.1. The number of benzene rings is 1. The molecule has 1 aromatic heterocycles. The summed E-state index contributed by atoms with van der Waals surface area (Å²) in [6.07, 6.45) is 0.415. The molecule has 1 aliphatic rings. The van der Waals surface area contributed by atoms with Crippen molar-refractivity contribution in [2.75, 3.05) is 0 Å². The van der Waals surface area contributed by atoms with Crippen LogP contribution >= 0.6 is 22.9 Å². The Bertz CT molecular complexity index is 561. The maximum Gasteiger partial charge on any atom is 0.0802 e. The van der Waals surface area contributed by atoms with Gasteiger partial charge < -0.3 is 5.11 Å². The van der Waals surface area contributed by atoms with E-state index in [1.165, 1.54) is 16.0 Å². The first-order valence-electron chi connectivity index (χ1n) is 5.67. The fourth-order valence-corrected chi connectivity index (χ4v) is 3.53. The highest BCUT2D eigenvalue weighted by molar-refractivity contribution is 7.10. The van der Waals surface area contributed by atoms with E-state index in [1.807, 2.05) is 18.2 Å². The summed E-state index contributed by atoms with van der Waals surface area (Å²) < 4.78 is 0. The molecule has 1 nitrogen and oxygen atoms in total. The number of halogens is 1. The Hall–Kier alpha value is -0.830. The molecular formula is C14H13ClOS. The molecule has 1 aromatic carbocycles. The first-order valence-corrected chi connectivity index (χ1v) is 6.93. The predicted molar refractivity (Wildman–Crippen MR) is 71.9 cm³/mol. The molecule has 0 fully saturated rings. The number of fused-ring (bicyclic) bond motifs is 1. The summed E-state index contributed by atoms with van der Waals surface area (Å²) in [5.74, 6) is 0.295. The molecule has 0 bridgehead atoms. The van der Waals surface area contributed by atoms with E-state index in [4.69, 9.17) is 11.6 Å². The summed E-state index contributed by atoms with van der Waals surface area (Å²) >= 11 is 7.81. The predicted octanol–water partition coefficient (Wildman–Crippen LogP) is 4.28. The Balaban J connectivity index is 2.08. The summed E-state index contributed by atoms with van der Waals surface area (Å²) in [6.45, 7) is 2.11. The zero-order chi connectivity index (χ0) is 12.0. The van der Waals surface area contributed by atoms with Crippen molar-refractivity contribution < 1.29 is 5.11 Å². The number of thiophene rings is 1. The molecule has 0 saturated carbocycles. The molecule has 88 valence electrons. The fraction of sp³-hybridized carbons (Fsp3) is 0.286. The Morgan fingerprint density at radius 1 is 1.29 bits per heavy atom. The standard InChI is InChI=1S/C14H13ClOS/c1-8-4-9(7-17-8)12-6-14(16)11-3-2-10(15)5-13(11)12/h2-5,7,12,14,16H,6H2,1H3. The molecule has 3 heteroatoms. The molecule has 1 aliphatic carbocycles. The Morgan fingerprint density at radius 2 is 2.12 bits per heavy atom. The van der Waals surface area contributed by atoms with E-state index in [9.17, 15) is 5.11 Å². The van der Waals surface area contributed by atoms with Gasteiger partial charge in [-0.05, 0) is 53.6 Å². The molecule has 0 saturated heterocycles. The number of hydrogen-bond donors (Lipinski definition) is 1. The number of hydrogen-bond acceptors (Lipinski definition) is 2. The van der Waals surface area contributed by atoms with Crippen molar-refractivity contribution in [2.45, 2.75) is 25.4 Å². The molecule has 2 aromatic rings. The van der Waals surface area contributed by atoms with Crippen LogP contribution in [0.3, 0.4) is 0 Å². The molecule has 0 aliphatic heterocycles. The van der Waals surface area contributed by atoms with Crippen molar-refractivity contribution >= 4 is 22.9 Å². The third-order valence-electron chi connectivity index (χ3n) is 3.40. The van der Waals surface area contributed by atoms with E-state index < -0.39 is 0 Å². The van der Waals surface area contributed by atoms with E-state index in [2.05, 4.69) is 18.4 Å². The number of aliphatic hydroxyl groups is 1. The van der Waals surface area contributed by atoms with Gasteiger partial charge in [0.15, 0.2) is 0 Å². The summed E-state index contributed by atoms with van der Waals surface area (Å²) in [6, 6.07) is 8.00. The van der Waals surface area contributed by atoms with Crippen molar-refractivity contribution in [3.8, 4) is 0 Å². The normalized spacial score (nSPS) is 22.8. The highest BCUT2D eigenvalue weighted by Crippen LogP contribution is 2.45. The summed E-state index contributed by atoms with van der Waals surface area (Å²) in [5.41, 5.74) is 3.51. The quantitative estimate of drug-likeness (QED) is 0.815. The van der Waals surface area contributed by atoms with Crippen LogP contribution < -0.4 is 0 Å². The Kier molecular flexibility index (Phi) is 2.74. The average molecular weight is 265 g/mol. The van der Waals surface area contributed by atoms with Gasteiger partial charge in [0, 0.05) is 15.8 Å². The summed E-state index contributed by atoms with van der Waals surface area (Å²) in [4.78, 5) is 1.31. The van der Waals surface area contributed by atoms with Crippen LogP contribution in [0, 0.1) is 6.92 Å². The van der Waals surface area contributed by atoms with Crippen LogP contribution in [-0.2, 0) is 0 Å². The molecule has 3 rings (SSSR count). The van der Waals surface area contributed by atoms with Gasteiger partial charge in [0.1, 0.15) is 0 Å². The van der Waals surface area contributed by atoms with E-state index in [0.717, 1.165) is 17.0 Å². The molecule has 1 N–H and O–H groups in total. The van der Waals surface area contributed by atoms with Gasteiger partial charge in [-0.1, -0.05) is 17.7 Å². The van der Waals surface area contributed by atoms with Crippen LogP contribution in [-0.4, -0.2) is 5.11 Å². The van der Waals surface area contributed by atoms with Crippen LogP contribution in [0.1, 0.15) is 40.0 Å². The monoisotopic (exact) mass is 264 g/mol. The van der Waals surface area contributed by atoms with Gasteiger partial charge in [-0.25, -0.2) is 0 Å².